The van der Waals surface area contributed by atoms with Crippen LogP contribution in [0.25, 0.3) is 21.2 Å². The lowest BCUT2D eigenvalue weighted by atomic mass is 9.87. The maximum atomic E-state index is 14.2. The first-order chi connectivity index (χ1) is 21.6. The average molecular weight is 623 g/mol. The number of carbonyl (C=O) groups excluding carboxylic acids is 3. The second kappa shape index (κ2) is 11.5. The standard InChI is InChI=1S/C37H42N4O3S/c1-23(2)34(42)39-19-15-37(16-20-39)36(44)41(18-14-26-13-17-40(22-26)35(43)29-9-10-29)33(38-37)28-7-5-27(6-8-28)30-11-12-32-31(21-30)24(3)25(4)45-32/h5-8,11-12,14,21,23,29H,9-10,13,15-20,22H2,1-4H3/b26-14+. The molecule has 3 fully saturated rings. The summed E-state index contributed by atoms with van der Waals surface area (Å²) in [6, 6.07) is 15.1. The summed E-state index contributed by atoms with van der Waals surface area (Å²) in [5.41, 5.74) is 4.92. The summed E-state index contributed by atoms with van der Waals surface area (Å²) in [6.07, 6.45) is 6.08. The number of piperidine rings is 1. The van der Waals surface area contributed by atoms with Crippen molar-refractivity contribution in [3.63, 3.8) is 0 Å². The van der Waals surface area contributed by atoms with Gasteiger partial charge < -0.3 is 9.80 Å². The number of hydrogen-bond donors (Lipinski definition) is 0. The topological polar surface area (TPSA) is 73.3 Å². The van der Waals surface area contributed by atoms with Crippen LogP contribution in [0.3, 0.4) is 0 Å². The highest BCUT2D eigenvalue weighted by Crippen LogP contribution is 2.38. The zero-order valence-corrected chi connectivity index (χ0v) is 27.6. The first kappa shape index (κ1) is 29.9. The second-order valence-electron chi connectivity index (χ2n) is 13.6. The maximum Gasteiger partial charge on any atom is 0.256 e. The largest absolute Gasteiger partial charge is 0.342 e. The van der Waals surface area contributed by atoms with Crippen LogP contribution in [-0.4, -0.2) is 76.5 Å². The van der Waals surface area contributed by atoms with Crippen LogP contribution in [-0.2, 0) is 14.4 Å². The van der Waals surface area contributed by atoms with Crippen LogP contribution < -0.4 is 0 Å². The predicted molar refractivity (Wildman–Crippen MR) is 180 cm³/mol. The Kier molecular flexibility index (Phi) is 7.67. The van der Waals surface area contributed by atoms with Gasteiger partial charge in [-0.2, -0.15) is 0 Å². The molecule has 45 heavy (non-hydrogen) atoms. The molecule has 8 heteroatoms. The summed E-state index contributed by atoms with van der Waals surface area (Å²) < 4.78 is 1.31. The number of fused-ring (bicyclic) bond motifs is 1. The number of aliphatic imine (C=N–C) groups is 1. The highest BCUT2D eigenvalue weighted by atomic mass is 32.1. The molecule has 3 amide bonds. The van der Waals surface area contributed by atoms with Crippen LogP contribution in [0.4, 0.5) is 0 Å². The molecule has 0 unspecified atom stereocenters. The summed E-state index contributed by atoms with van der Waals surface area (Å²) in [7, 11) is 0. The fourth-order valence-electron chi connectivity index (χ4n) is 7.02. The number of carbonyl (C=O) groups is 3. The van der Waals surface area contributed by atoms with Gasteiger partial charge in [-0.05, 0) is 80.2 Å². The van der Waals surface area contributed by atoms with Crippen molar-refractivity contribution in [2.45, 2.75) is 65.3 Å². The van der Waals surface area contributed by atoms with Crippen LogP contribution in [0.5, 0.6) is 0 Å². The van der Waals surface area contributed by atoms with Gasteiger partial charge in [0.2, 0.25) is 11.8 Å². The molecule has 0 radical (unpaired) electrons. The van der Waals surface area contributed by atoms with Gasteiger partial charge in [0.1, 0.15) is 11.4 Å². The van der Waals surface area contributed by atoms with Crippen molar-refractivity contribution in [3.8, 4) is 11.1 Å². The Hall–Kier alpha value is -3.78. The molecule has 4 heterocycles. The Bertz CT molecular complexity index is 1740. The first-order valence-corrected chi connectivity index (χ1v) is 17.2. The zero-order chi connectivity index (χ0) is 31.5. The third-order valence-electron chi connectivity index (χ3n) is 10.2. The fraction of sp³-hybridized carbons (Fsp3) is 0.459. The Labute approximate surface area is 269 Å². The second-order valence-corrected chi connectivity index (χ2v) is 14.8. The van der Waals surface area contributed by atoms with E-state index in [0.29, 0.717) is 44.9 Å². The van der Waals surface area contributed by atoms with Gasteiger partial charge in [-0.25, -0.2) is 0 Å². The van der Waals surface area contributed by atoms with Crippen molar-refractivity contribution < 1.29 is 14.4 Å². The third kappa shape index (κ3) is 5.51. The maximum absolute atomic E-state index is 14.2. The number of thiophene rings is 1. The van der Waals surface area contributed by atoms with Gasteiger partial charge in [-0.15, -0.1) is 11.3 Å². The molecule has 7 rings (SSSR count). The van der Waals surface area contributed by atoms with E-state index in [2.05, 4.69) is 62.4 Å². The van der Waals surface area contributed by atoms with E-state index in [1.54, 1.807) is 0 Å². The lowest BCUT2D eigenvalue weighted by molar-refractivity contribution is -0.140. The van der Waals surface area contributed by atoms with Gasteiger partial charge in [-0.3, -0.25) is 24.3 Å². The van der Waals surface area contributed by atoms with Crippen LogP contribution in [0.1, 0.15) is 62.0 Å². The molecule has 0 bridgehead atoms. The van der Waals surface area contributed by atoms with Gasteiger partial charge in [-0.1, -0.05) is 55.8 Å². The van der Waals surface area contributed by atoms with E-state index in [-0.39, 0.29) is 29.6 Å². The third-order valence-corrected chi connectivity index (χ3v) is 11.4. The van der Waals surface area contributed by atoms with Crippen molar-refractivity contribution in [2.24, 2.45) is 16.8 Å². The van der Waals surface area contributed by atoms with Gasteiger partial charge in [0.25, 0.3) is 5.91 Å². The van der Waals surface area contributed by atoms with Crippen molar-refractivity contribution in [1.29, 1.82) is 0 Å². The normalized spacial score (nSPS) is 20.7. The Balaban J connectivity index is 1.16. The van der Waals surface area contributed by atoms with Gasteiger partial charge >= 0.3 is 0 Å². The van der Waals surface area contributed by atoms with Crippen molar-refractivity contribution in [3.05, 3.63) is 70.1 Å². The lowest BCUT2D eigenvalue weighted by Crippen LogP contribution is -2.52. The number of rotatable bonds is 6. The highest BCUT2D eigenvalue weighted by molar-refractivity contribution is 7.19. The number of likely N-dealkylation sites (tertiary alicyclic amines) is 2. The SMILES string of the molecule is Cc1sc2ccc(-c3ccc(C4=NC5(CCN(C(=O)C(C)C)CC5)C(=O)N4C/C=C4\CCN(C(=O)C5CC5)C4)cc3)cc2c1C. The first-order valence-electron chi connectivity index (χ1n) is 16.4. The fourth-order valence-corrected chi connectivity index (χ4v) is 8.07. The molecule has 3 aliphatic heterocycles. The van der Waals surface area contributed by atoms with E-state index in [1.807, 2.05) is 39.9 Å². The molecule has 2 saturated heterocycles. The monoisotopic (exact) mass is 622 g/mol. The smallest absolute Gasteiger partial charge is 0.256 e. The van der Waals surface area contributed by atoms with Gasteiger partial charge in [0.15, 0.2) is 0 Å². The Morgan fingerprint density at radius 2 is 1.67 bits per heavy atom. The minimum absolute atomic E-state index is 0.0211. The van der Waals surface area contributed by atoms with E-state index >= 15 is 0 Å². The number of aryl methyl sites for hydroxylation is 2. The molecule has 1 saturated carbocycles. The van der Waals surface area contributed by atoms with E-state index < -0.39 is 5.54 Å². The number of nitrogens with zero attached hydrogens (tertiary/aromatic N) is 4. The van der Waals surface area contributed by atoms with Crippen molar-refractivity contribution in [1.82, 2.24) is 14.7 Å². The van der Waals surface area contributed by atoms with Crippen LogP contribution in [0, 0.1) is 25.7 Å². The molecule has 4 aliphatic rings. The van der Waals surface area contributed by atoms with E-state index in [1.165, 1.54) is 31.7 Å². The highest BCUT2D eigenvalue weighted by Gasteiger charge is 2.50. The quantitative estimate of drug-likeness (QED) is 0.301. The van der Waals surface area contributed by atoms with E-state index in [4.69, 9.17) is 4.99 Å². The Morgan fingerprint density at radius 1 is 0.978 bits per heavy atom. The summed E-state index contributed by atoms with van der Waals surface area (Å²) >= 11 is 1.84. The molecular formula is C37H42N4O3S. The molecule has 3 aromatic rings. The zero-order valence-electron chi connectivity index (χ0n) is 26.8. The van der Waals surface area contributed by atoms with Crippen LogP contribution in [0.2, 0.25) is 0 Å². The summed E-state index contributed by atoms with van der Waals surface area (Å²) in [6.45, 7) is 11.1. The lowest BCUT2D eigenvalue weighted by Gasteiger charge is -2.37. The van der Waals surface area contributed by atoms with Gasteiger partial charge in [0, 0.05) is 59.7 Å². The number of amides is 3. The predicted octanol–water partition coefficient (Wildman–Crippen LogP) is 6.36. The van der Waals surface area contributed by atoms with Crippen molar-refractivity contribution in [2.75, 3.05) is 32.7 Å². The molecule has 0 N–H and O–H groups in total. The van der Waals surface area contributed by atoms with Crippen LogP contribution >= 0.6 is 11.3 Å². The van der Waals surface area contributed by atoms with Crippen LogP contribution in [0.15, 0.2) is 59.1 Å². The van der Waals surface area contributed by atoms with E-state index in [9.17, 15) is 14.4 Å². The Morgan fingerprint density at radius 3 is 2.36 bits per heavy atom. The minimum Gasteiger partial charge on any atom is -0.342 e. The molecule has 234 valence electrons. The van der Waals surface area contributed by atoms with E-state index in [0.717, 1.165) is 36.9 Å². The molecule has 1 spiro atoms. The number of hydrogen-bond acceptors (Lipinski definition) is 5. The summed E-state index contributed by atoms with van der Waals surface area (Å²) in [5, 5.41) is 1.30. The van der Waals surface area contributed by atoms with Crippen molar-refractivity contribution >= 4 is 45.0 Å². The average Bonchev–Trinajstić information content (AvgIpc) is 3.65. The summed E-state index contributed by atoms with van der Waals surface area (Å²) in [4.78, 5) is 51.8. The molecule has 1 aliphatic carbocycles. The minimum atomic E-state index is -0.844. The molecule has 2 aromatic carbocycles. The number of amidine groups is 1. The molecule has 1 aromatic heterocycles. The number of benzene rings is 2. The summed E-state index contributed by atoms with van der Waals surface area (Å²) in [5.74, 6) is 1.30. The molecule has 0 atom stereocenters. The molecule has 7 nitrogen and oxygen atoms in total. The van der Waals surface area contributed by atoms with Gasteiger partial charge in [0.05, 0.1) is 0 Å². The molecular weight excluding hydrogens is 580 g/mol.